The van der Waals surface area contributed by atoms with Gasteiger partial charge in [-0.05, 0) is 25.1 Å². The Balaban J connectivity index is 1.51. The highest BCUT2D eigenvalue weighted by Gasteiger charge is 2.18. The number of benzene rings is 2. The number of para-hydroxylation sites is 1. The lowest BCUT2D eigenvalue weighted by atomic mass is 10.1. The van der Waals surface area contributed by atoms with Crippen molar-refractivity contribution >= 4 is 39.8 Å². The summed E-state index contributed by atoms with van der Waals surface area (Å²) in [5.41, 5.74) is 4.62. The predicted molar refractivity (Wildman–Crippen MR) is 123 cm³/mol. The topological polar surface area (TPSA) is 59.0 Å². The van der Waals surface area contributed by atoms with Gasteiger partial charge in [0.15, 0.2) is 10.3 Å². The van der Waals surface area contributed by atoms with Crippen molar-refractivity contribution in [3.05, 3.63) is 83.5 Å². The van der Waals surface area contributed by atoms with Crippen LogP contribution in [0.15, 0.2) is 77.3 Å². The smallest absolute Gasteiger partial charge is 0.230 e. The van der Waals surface area contributed by atoms with Crippen molar-refractivity contribution in [1.82, 2.24) is 15.0 Å². The molecular weight excluding hydrogens is 412 g/mol. The van der Waals surface area contributed by atoms with E-state index in [0.29, 0.717) is 10.9 Å². The van der Waals surface area contributed by atoms with Gasteiger partial charge in [-0.15, -0.1) is 11.3 Å². The first-order valence-electron chi connectivity index (χ1n) is 9.44. The number of aryl methyl sites for hydroxylation is 1. The van der Waals surface area contributed by atoms with E-state index in [1.165, 1.54) is 11.3 Å². The van der Waals surface area contributed by atoms with Gasteiger partial charge in [-0.1, -0.05) is 60.3 Å². The van der Waals surface area contributed by atoms with E-state index in [1.807, 2.05) is 79.0 Å². The fraction of sp³-hybridized carbons (Fsp3) is 0.130. The largest absolute Gasteiger partial charge is 0.274 e. The molecule has 4 aromatic rings. The molecule has 2 heterocycles. The quantitative estimate of drug-likeness (QED) is 0.281. The van der Waals surface area contributed by atoms with E-state index >= 15 is 0 Å². The van der Waals surface area contributed by atoms with Gasteiger partial charge in [0, 0.05) is 29.3 Å². The van der Waals surface area contributed by atoms with Crippen LogP contribution in [0.4, 0.5) is 10.8 Å². The minimum absolute atomic E-state index is 0.0655. The van der Waals surface area contributed by atoms with Crippen molar-refractivity contribution < 1.29 is 4.79 Å². The van der Waals surface area contributed by atoms with Gasteiger partial charge in [0.1, 0.15) is 0 Å². The lowest BCUT2D eigenvalue weighted by Gasteiger charge is -2.17. The number of thioether (sulfide) groups is 1. The van der Waals surface area contributed by atoms with Crippen molar-refractivity contribution in [1.29, 1.82) is 0 Å². The zero-order chi connectivity index (χ0) is 20.9. The normalized spacial score (nSPS) is 10.7. The SMILES string of the molecule is CC(=O)N(c1ccccc1)c1nc(CSc2nc(C)cc(-c3ccccc3)n2)cs1. The zero-order valence-corrected chi connectivity index (χ0v) is 18.3. The third-order valence-electron chi connectivity index (χ3n) is 4.31. The summed E-state index contributed by atoms with van der Waals surface area (Å²) < 4.78 is 0. The van der Waals surface area contributed by atoms with Gasteiger partial charge in [0.25, 0.3) is 0 Å². The summed E-state index contributed by atoms with van der Waals surface area (Å²) in [5.74, 6) is 0.568. The van der Waals surface area contributed by atoms with Crippen molar-refractivity contribution in [3.63, 3.8) is 0 Å². The molecule has 4 rings (SSSR count). The highest BCUT2D eigenvalue weighted by Crippen LogP contribution is 2.31. The molecule has 0 N–H and O–H groups in total. The number of rotatable bonds is 6. The lowest BCUT2D eigenvalue weighted by molar-refractivity contribution is -0.115. The molecule has 0 atom stereocenters. The van der Waals surface area contributed by atoms with Crippen LogP contribution in [-0.4, -0.2) is 20.9 Å². The Morgan fingerprint density at radius 2 is 1.70 bits per heavy atom. The zero-order valence-electron chi connectivity index (χ0n) is 16.6. The van der Waals surface area contributed by atoms with Crippen molar-refractivity contribution in [3.8, 4) is 11.3 Å². The third kappa shape index (κ3) is 4.75. The van der Waals surface area contributed by atoms with Crippen LogP contribution in [0.2, 0.25) is 0 Å². The van der Waals surface area contributed by atoms with Crippen LogP contribution in [0.25, 0.3) is 11.3 Å². The highest BCUT2D eigenvalue weighted by molar-refractivity contribution is 7.98. The molecule has 1 amide bonds. The Labute approximate surface area is 183 Å². The number of hydrogen-bond donors (Lipinski definition) is 0. The van der Waals surface area contributed by atoms with Gasteiger partial charge >= 0.3 is 0 Å². The maximum absolute atomic E-state index is 12.2. The molecule has 0 radical (unpaired) electrons. The van der Waals surface area contributed by atoms with E-state index < -0.39 is 0 Å². The summed E-state index contributed by atoms with van der Waals surface area (Å²) in [6.07, 6.45) is 0. The van der Waals surface area contributed by atoms with Gasteiger partial charge in [0.05, 0.1) is 17.1 Å². The van der Waals surface area contributed by atoms with E-state index in [0.717, 1.165) is 33.5 Å². The number of carbonyl (C=O) groups excluding carboxylic acids is 1. The van der Waals surface area contributed by atoms with E-state index in [1.54, 1.807) is 23.6 Å². The van der Waals surface area contributed by atoms with E-state index in [9.17, 15) is 4.79 Å². The molecule has 0 fully saturated rings. The molecule has 2 aromatic carbocycles. The van der Waals surface area contributed by atoms with Gasteiger partial charge in [-0.25, -0.2) is 15.0 Å². The van der Waals surface area contributed by atoms with E-state index in [4.69, 9.17) is 4.98 Å². The maximum Gasteiger partial charge on any atom is 0.230 e. The van der Waals surface area contributed by atoms with Crippen LogP contribution < -0.4 is 4.90 Å². The lowest BCUT2D eigenvalue weighted by Crippen LogP contribution is -2.22. The number of nitrogens with zero attached hydrogens (tertiary/aromatic N) is 4. The number of hydrogen-bond acceptors (Lipinski definition) is 6. The second-order valence-electron chi connectivity index (χ2n) is 6.64. The average molecular weight is 433 g/mol. The van der Waals surface area contributed by atoms with Crippen LogP contribution in [0, 0.1) is 6.92 Å². The van der Waals surface area contributed by atoms with Crippen molar-refractivity contribution in [2.45, 2.75) is 24.8 Å². The van der Waals surface area contributed by atoms with Gasteiger partial charge in [-0.2, -0.15) is 0 Å². The van der Waals surface area contributed by atoms with Crippen LogP contribution in [-0.2, 0) is 10.5 Å². The van der Waals surface area contributed by atoms with Crippen molar-refractivity contribution in [2.75, 3.05) is 4.90 Å². The molecule has 7 heteroatoms. The highest BCUT2D eigenvalue weighted by atomic mass is 32.2. The molecule has 2 aromatic heterocycles. The summed E-state index contributed by atoms with van der Waals surface area (Å²) >= 11 is 3.00. The van der Waals surface area contributed by atoms with Crippen LogP contribution in [0.5, 0.6) is 0 Å². The average Bonchev–Trinajstić information content (AvgIpc) is 3.21. The second-order valence-corrected chi connectivity index (χ2v) is 8.42. The number of thiazole rings is 1. The van der Waals surface area contributed by atoms with Gasteiger partial charge < -0.3 is 0 Å². The number of anilines is 2. The molecule has 0 unspecified atom stereocenters. The summed E-state index contributed by atoms with van der Waals surface area (Å²) in [6.45, 7) is 3.53. The first kappa shape index (κ1) is 20.3. The Bertz CT molecular complexity index is 1150. The number of carbonyl (C=O) groups is 1. The Morgan fingerprint density at radius 1 is 1.00 bits per heavy atom. The second kappa shape index (κ2) is 9.19. The predicted octanol–water partition coefficient (Wildman–Crippen LogP) is 5.89. The molecule has 0 bridgehead atoms. The minimum atomic E-state index is -0.0655. The summed E-state index contributed by atoms with van der Waals surface area (Å²) in [4.78, 5) is 27.8. The van der Waals surface area contributed by atoms with Crippen LogP contribution >= 0.6 is 23.1 Å². The van der Waals surface area contributed by atoms with Crippen LogP contribution in [0.1, 0.15) is 18.3 Å². The van der Waals surface area contributed by atoms with Crippen molar-refractivity contribution in [2.24, 2.45) is 0 Å². The first-order chi connectivity index (χ1) is 14.6. The molecular formula is C23H20N4OS2. The Morgan fingerprint density at radius 3 is 2.40 bits per heavy atom. The Kier molecular flexibility index (Phi) is 6.21. The molecule has 5 nitrogen and oxygen atoms in total. The first-order valence-corrected chi connectivity index (χ1v) is 11.3. The van der Waals surface area contributed by atoms with Gasteiger partial charge in [-0.3, -0.25) is 9.69 Å². The molecule has 0 saturated carbocycles. The number of aromatic nitrogens is 3. The molecule has 150 valence electrons. The molecule has 0 aliphatic rings. The van der Waals surface area contributed by atoms with Crippen LogP contribution in [0.3, 0.4) is 0 Å². The number of amides is 1. The molecule has 0 saturated heterocycles. The summed E-state index contributed by atoms with van der Waals surface area (Å²) in [5, 5.41) is 3.36. The maximum atomic E-state index is 12.2. The fourth-order valence-electron chi connectivity index (χ4n) is 2.97. The standard InChI is InChI=1S/C23H20N4OS2/c1-16-13-21(18-9-5-3-6-10-18)26-22(24-16)29-14-19-15-30-23(25-19)27(17(2)28)20-11-7-4-8-12-20/h3-13,15H,14H2,1-2H3. The van der Waals surface area contributed by atoms with Gasteiger partial charge in [0.2, 0.25) is 5.91 Å². The molecule has 0 aliphatic carbocycles. The summed E-state index contributed by atoms with van der Waals surface area (Å²) in [7, 11) is 0. The minimum Gasteiger partial charge on any atom is -0.274 e. The monoisotopic (exact) mass is 432 g/mol. The fourth-order valence-corrected chi connectivity index (χ4v) is 4.76. The third-order valence-corrected chi connectivity index (χ3v) is 6.07. The van der Waals surface area contributed by atoms with E-state index in [-0.39, 0.29) is 5.91 Å². The molecule has 30 heavy (non-hydrogen) atoms. The Hall–Kier alpha value is -3.03. The molecule has 0 spiro atoms. The molecule has 0 aliphatic heterocycles. The van der Waals surface area contributed by atoms with E-state index in [2.05, 4.69) is 9.97 Å². The summed E-state index contributed by atoms with van der Waals surface area (Å²) in [6, 6.07) is 21.6.